The van der Waals surface area contributed by atoms with Crippen LogP contribution >= 0.6 is 15.9 Å². The normalized spacial score (nSPS) is 11.4. The minimum atomic E-state index is 0.0580. The highest BCUT2D eigenvalue weighted by molar-refractivity contribution is 9.10. The molecule has 0 fully saturated rings. The van der Waals surface area contributed by atoms with Gasteiger partial charge in [-0.15, -0.1) is 0 Å². The molecular formula is C22H17BrN2O3. The van der Waals surface area contributed by atoms with Crippen molar-refractivity contribution in [3.8, 4) is 23.0 Å². The zero-order valence-electron chi connectivity index (χ0n) is 15.1. The van der Waals surface area contributed by atoms with E-state index >= 15 is 0 Å². The third kappa shape index (κ3) is 3.77. The van der Waals surface area contributed by atoms with Crippen molar-refractivity contribution >= 4 is 38.9 Å². The van der Waals surface area contributed by atoms with Crippen LogP contribution in [0.4, 0.5) is 5.69 Å². The number of hydrogen-bond donors (Lipinski definition) is 1. The van der Waals surface area contributed by atoms with Gasteiger partial charge in [-0.2, -0.15) is 0 Å². The summed E-state index contributed by atoms with van der Waals surface area (Å²) in [5, 5.41) is 10.4. The van der Waals surface area contributed by atoms with Crippen LogP contribution in [0, 0.1) is 0 Å². The highest BCUT2D eigenvalue weighted by atomic mass is 79.9. The zero-order chi connectivity index (χ0) is 19.5. The second-order valence-electron chi connectivity index (χ2n) is 6.07. The molecule has 5 nitrogen and oxygen atoms in total. The lowest BCUT2D eigenvalue weighted by atomic mass is 10.2. The summed E-state index contributed by atoms with van der Waals surface area (Å²) in [6.07, 6.45) is 1.60. The summed E-state index contributed by atoms with van der Waals surface area (Å²) in [5.41, 5.74) is 3.61. The molecular weight excluding hydrogens is 420 g/mol. The molecule has 0 bridgehead atoms. The van der Waals surface area contributed by atoms with Crippen LogP contribution in [0.2, 0.25) is 0 Å². The van der Waals surface area contributed by atoms with Crippen LogP contribution in [0.3, 0.4) is 0 Å². The first-order valence-electron chi connectivity index (χ1n) is 8.79. The van der Waals surface area contributed by atoms with Gasteiger partial charge in [-0.1, -0.05) is 34.1 Å². The van der Waals surface area contributed by atoms with Gasteiger partial charge >= 0.3 is 0 Å². The number of aliphatic imine (C=N–C) groups is 1. The SMILES string of the molecule is CCOc1cc(Br)cc(C=Nc2ccc3oc(-c4ccccc4)nc3c2)c1O. The number of hydrogen-bond acceptors (Lipinski definition) is 5. The molecule has 1 N–H and O–H groups in total. The number of aromatic hydroxyl groups is 1. The molecule has 6 heteroatoms. The van der Waals surface area contributed by atoms with Gasteiger partial charge in [0.15, 0.2) is 17.1 Å². The van der Waals surface area contributed by atoms with E-state index in [-0.39, 0.29) is 5.75 Å². The Morgan fingerprint density at radius 1 is 1.14 bits per heavy atom. The maximum Gasteiger partial charge on any atom is 0.227 e. The molecule has 140 valence electrons. The average Bonchev–Trinajstić information content (AvgIpc) is 3.13. The number of aromatic nitrogens is 1. The molecule has 0 spiro atoms. The molecule has 3 aromatic carbocycles. The van der Waals surface area contributed by atoms with Gasteiger partial charge in [-0.3, -0.25) is 4.99 Å². The van der Waals surface area contributed by atoms with Crippen LogP contribution in [0.25, 0.3) is 22.6 Å². The highest BCUT2D eigenvalue weighted by Gasteiger charge is 2.10. The van der Waals surface area contributed by atoms with E-state index in [0.717, 1.165) is 15.6 Å². The van der Waals surface area contributed by atoms with E-state index in [2.05, 4.69) is 25.9 Å². The molecule has 4 aromatic rings. The molecule has 1 aromatic heterocycles. The molecule has 0 radical (unpaired) electrons. The van der Waals surface area contributed by atoms with E-state index in [1.54, 1.807) is 18.3 Å². The van der Waals surface area contributed by atoms with Crippen LogP contribution in [0.15, 0.2) is 74.5 Å². The summed E-state index contributed by atoms with van der Waals surface area (Å²) < 4.78 is 12.1. The topological polar surface area (TPSA) is 67.9 Å². The van der Waals surface area contributed by atoms with Crippen LogP contribution in [-0.4, -0.2) is 22.9 Å². The minimum absolute atomic E-state index is 0.0580. The quantitative estimate of drug-likeness (QED) is 0.383. The largest absolute Gasteiger partial charge is 0.504 e. The van der Waals surface area contributed by atoms with E-state index in [4.69, 9.17) is 9.15 Å². The lowest BCUT2D eigenvalue weighted by molar-refractivity contribution is 0.317. The lowest BCUT2D eigenvalue weighted by Crippen LogP contribution is -1.94. The molecule has 1 heterocycles. The van der Waals surface area contributed by atoms with E-state index < -0.39 is 0 Å². The number of ether oxygens (including phenoxy) is 1. The first-order chi connectivity index (χ1) is 13.6. The number of phenolic OH excluding ortho intramolecular Hbond substituents is 1. The fourth-order valence-corrected chi connectivity index (χ4v) is 3.26. The number of oxazole rings is 1. The van der Waals surface area contributed by atoms with Gasteiger partial charge < -0.3 is 14.3 Å². The van der Waals surface area contributed by atoms with Gasteiger partial charge in [0, 0.05) is 21.8 Å². The van der Waals surface area contributed by atoms with Crippen molar-refractivity contribution in [3.05, 3.63) is 70.7 Å². The standard InChI is InChI=1S/C22H17BrN2O3/c1-2-27-20-11-16(23)10-15(21(20)26)13-24-17-8-9-19-18(12-17)25-22(28-19)14-6-4-3-5-7-14/h3-13,26H,2H2,1H3. The highest BCUT2D eigenvalue weighted by Crippen LogP contribution is 2.33. The Bertz CT molecular complexity index is 1150. The predicted molar refractivity (Wildman–Crippen MR) is 114 cm³/mol. The van der Waals surface area contributed by atoms with Crippen molar-refractivity contribution in [2.24, 2.45) is 4.99 Å². The second-order valence-corrected chi connectivity index (χ2v) is 6.99. The Balaban J connectivity index is 1.65. The molecule has 28 heavy (non-hydrogen) atoms. The lowest BCUT2D eigenvalue weighted by Gasteiger charge is -2.08. The molecule has 0 aliphatic carbocycles. The summed E-state index contributed by atoms with van der Waals surface area (Å²) >= 11 is 3.43. The molecule has 0 atom stereocenters. The van der Waals surface area contributed by atoms with Crippen molar-refractivity contribution in [2.75, 3.05) is 6.61 Å². The number of halogens is 1. The first kappa shape index (κ1) is 18.3. The zero-order valence-corrected chi connectivity index (χ0v) is 16.7. The molecule has 0 saturated carbocycles. The van der Waals surface area contributed by atoms with Crippen LogP contribution in [-0.2, 0) is 0 Å². The molecule has 0 unspecified atom stereocenters. The number of nitrogens with zero attached hydrogens (tertiary/aromatic N) is 2. The Labute approximate surface area is 170 Å². The van der Waals surface area contributed by atoms with Crippen molar-refractivity contribution in [3.63, 3.8) is 0 Å². The maximum atomic E-state index is 10.4. The molecule has 0 aliphatic rings. The number of rotatable bonds is 5. The van der Waals surface area contributed by atoms with Crippen molar-refractivity contribution in [2.45, 2.75) is 6.92 Å². The van der Waals surface area contributed by atoms with E-state index in [1.165, 1.54) is 0 Å². The van der Waals surface area contributed by atoms with Crippen LogP contribution < -0.4 is 4.74 Å². The van der Waals surface area contributed by atoms with Gasteiger partial charge in [-0.05, 0) is 49.4 Å². The van der Waals surface area contributed by atoms with Gasteiger partial charge in [0.05, 0.1) is 12.3 Å². The summed E-state index contributed by atoms with van der Waals surface area (Å²) in [4.78, 5) is 9.02. The van der Waals surface area contributed by atoms with Crippen molar-refractivity contribution in [1.82, 2.24) is 4.98 Å². The first-order valence-corrected chi connectivity index (χ1v) is 9.58. The van der Waals surface area contributed by atoms with Crippen LogP contribution in [0.1, 0.15) is 12.5 Å². The van der Waals surface area contributed by atoms with Gasteiger partial charge in [-0.25, -0.2) is 4.98 Å². The minimum Gasteiger partial charge on any atom is -0.504 e. The van der Waals surface area contributed by atoms with Crippen LogP contribution in [0.5, 0.6) is 11.5 Å². The van der Waals surface area contributed by atoms with Crippen molar-refractivity contribution in [1.29, 1.82) is 0 Å². The smallest absolute Gasteiger partial charge is 0.227 e. The summed E-state index contributed by atoms with van der Waals surface area (Å²) in [6, 6.07) is 18.8. The monoisotopic (exact) mass is 436 g/mol. The van der Waals surface area contributed by atoms with E-state index in [0.29, 0.717) is 35.1 Å². The summed E-state index contributed by atoms with van der Waals surface area (Å²) in [5.74, 6) is 1.04. The number of benzene rings is 3. The summed E-state index contributed by atoms with van der Waals surface area (Å²) in [6.45, 7) is 2.33. The fraction of sp³-hybridized carbons (Fsp3) is 0.0909. The molecule has 0 saturated heterocycles. The third-order valence-electron chi connectivity index (χ3n) is 4.11. The Morgan fingerprint density at radius 3 is 2.75 bits per heavy atom. The Hall–Kier alpha value is -3.12. The molecule has 0 aliphatic heterocycles. The Morgan fingerprint density at radius 2 is 1.96 bits per heavy atom. The van der Waals surface area contributed by atoms with Crippen molar-refractivity contribution < 1.29 is 14.3 Å². The predicted octanol–water partition coefficient (Wildman–Crippen LogP) is 6.11. The molecule has 0 amide bonds. The summed E-state index contributed by atoms with van der Waals surface area (Å²) in [7, 11) is 0. The number of phenols is 1. The fourth-order valence-electron chi connectivity index (χ4n) is 2.80. The van der Waals surface area contributed by atoms with Gasteiger partial charge in [0.25, 0.3) is 0 Å². The average molecular weight is 437 g/mol. The van der Waals surface area contributed by atoms with E-state index in [9.17, 15) is 5.11 Å². The van der Waals surface area contributed by atoms with Gasteiger partial charge in [0.2, 0.25) is 5.89 Å². The van der Waals surface area contributed by atoms with Gasteiger partial charge in [0.1, 0.15) is 5.52 Å². The van der Waals surface area contributed by atoms with E-state index in [1.807, 2.05) is 55.5 Å². The maximum absolute atomic E-state index is 10.4. The second kappa shape index (κ2) is 7.86. The third-order valence-corrected chi connectivity index (χ3v) is 4.57. The Kier molecular flexibility index (Phi) is 5.12. The molecule has 4 rings (SSSR count). The number of fused-ring (bicyclic) bond motifs is 1.